The van der Waals surface area contributed by atoms with E-state index < -0.39 is 50.0 Å². The summed E-state index contributed by atoms with van der Waals surface area (Å²) >= 11 is 30.8. The molecule has 0 spiro atoms. The molecule has 23 heteroatoms. The number of hydrogen-bond donors (Lipinski definition) is 2. The van der Waals surface area contributed by atoms with E-state index in [2.05, 4.69) is 405 Å². The summed E-state index contributed by atoms with van der Waals surface area (Å²) in [5.41, 5.74) is 3.26. The Morgan fingerprint density at radius 2 is 0.522 bits per heavy atom. The molecule has 19 rings (SSSR count). The Labute approximate surface area is 857 Å². The average molecular weight is 2080 g/mol. The van der Waals surface area contributed by atoms with Crippen LogP contribution in [0.1, 0.15) is 57.9 Å². The number of nitrogens with one attached hydrogen (secondary N) is 2. The van der Waals surface area contributed by atoms with Gasteiger partial charge in [0.05, 0.1) is 45.5 Å². The zero-order chi connectivity index (χ0) is 95.3. The molecule has 2 N–H and O–H groups in total. The zero-order valence-electron chi connectivity index (χ0n) is 77.0. The summed E-state index contributed by atoms with van der Waals surface area (Å²) in [6.07, 6.45) is 0. The van der Waals surface area contributed by atoms with E-state index in [4.69, 9.17) is 76.8 Å². The van der Waals surface area contributed by atoms with E-state index in [0.717, 1.165) is 11.1 Å². The van der Waals surface area contributed by atoms with Gasteiger partial charge in [0.2, 0.25) is 0 Å². The number of nitrogens with zero attached hydrogens (tertiary/aromatic N) is 6. The van der Waals surface area contributed by atoms with Crippen molar-refractivity contribution in [2.24, 2.45) is 0 Å². The van der Waals surface area contributed by atoms with Crippen molar-refractivity contribution in [2.45, 2.75) is 73.3 Å². The predicted octanol–water partition coefficient (Wildman–Crippen LogP) is 24.9. The van der Waals surface area contributed by atoms with Gasteiger partial charge in [0.1, 0.15) is 28.8 Å². The summed E-state index contributed by atoms with van der Waals surface area (Å²) in [5, 5.41) is 41.0. The fourth-order valence-electron chi connectivity index (χ4n) is 14.2. The number of aromatic nitrogens is 6. The number of ether oxygens (including phenoxy) is 2. The van der Waals surface area contributed by atoms with Crippen LogP contribution < -0.4 is 89.2 Å². The number of anilines is 2. The Hall–Kier alpha value is -11.4. The van der Waals surface area contributed by atoms with Gasteiger partial charge in [-0.1, -0.05) is 490 Å². The molecule has 3 heterocycles. The van der Waals surface area contributed by atoms with Crippen molar-refractivity contribution in [1.82, 2.24) is 30.4 Å². The Morgan fingerprint density at radius 1 is 0.297 bits per heavy atom. The van der Waals surface area contributed by atoms with Gasteiger partial charge in [-0.15, -0.1) is 20.4 Å². The van der Waals surface area contributed by atoms with Crippen LogP contribution in [0.15, 0.2) is 449 Å². The topological polar surface area (TPSA) is 138 Å². The summed E-state index contributed by atoms with van der Waals surface area (Å²) in [6, 6.07) is 156. The second kappa shape index (κ2) is 55.4. The molecule has 0 amide bonds. The number of halogens is 5. The molecule has 0 saturated carbocycles. The maximum absolute atomic E-state index is 6.37. The van der Waals surface area contributed by atoms with E-state index in [-0.39, 0.29) is 27.8 Å². The van der Waals surface area contributed by atoms with Crippen molar-refractivity contribution >= 4 is 178 Å². The van der Waals surface area contributed by atoms with Crippen LogP contribution in [0, 0.1) is 13.8 Å². The number of aryl methyl sites for hydroxylation is 2. The van der Waals surface area contributed by atoms with Gasteiger partial charge in [-0.25, -0.2) is 9.97 Å². The summed E-state index contributed by atoms with van der Waals surface area (Å²) in [5.74, 6) is 3.52. The molecule has 1 fully saturated rings. The van der Waals surface area contributed by atoms with Gasteiger partial charge in [-0.2, -0.15) is 0 Å². The minimum atomic E-state index is -0.551. The van der Waals surface area contributed by atoms with Gasteiger partial charge in [-0.3, -0.25) is 0 Å². The number of methoxy groups -OCH3 is 2. The monoisotopic (exact) mass is 2080 g/mol. The van der Waals surface area contributed by atoms with Crippen LogP contribution in [0.4, 0.5) is 11.6 Å². The summed E-state index contributed by atoms with van der Waals surface area (Å²) < 4.78 is 22.4. The SMILES string of the molecule is C.COc1cc(Cl)c(Cl)c(-c2nnc(C)nc2NCc2ccccc2)c1.COc1cc(Cl)c(Cl)c(B2OC(C)(C)C(C)(C)O2)c1.Cc1nnc(Cl)c(NCc2ccccc2)n1.[Pd].c1ccc(P(c2ccccc2)c2ccccc2)cc1.c1ccc(P(c2ccccc2)c2ccccc2)cc1.c1ccc(P(c2ccccc2)c2ccccc2)cc1.c1ccc(P(c2ccccc2)c2ccccc2)cc1. The van der Waals surface area contributed by atoms with Crippen molar-refractivity contribution in [1.29, 1.82) is 0 Å². The van der Waals surface area contributed by atoms with E-state index in [9.17, 15) is 0 Å². The fourth-order valence-corrected chi connectivity index (χ4v) is 24.4. The Balaban J connectivity index is 0.000000154. The molecule has 2 aromatic heterocycles. The van der Waals surface area contributed by atoms with E-state index in [0.29, 0.717) is 89.8 Å². The van der Waals surface area contributed by atoms with Gasteiger partial charge >= 0.3 is 7.12 Å². The Kier molecular flexibility index (Phi) is 42.9. The third kappa shape index (κ3) is 31.0. The van der Waals surface area contributed by atoms with Gasteiger partial charge in [-0.05, 0) is 160 Å². The summed E-state index contributed by atoms with van der Waals surface area (Å²) in [4.78, 5) is 8.63. The van der Waals surface area contributed by atoms with Crippen LogP contribution in [0.3, 0.4) is 0 Å². The maximum Gasteiger partial charge on any atom is 0.496 e. The molecule has 1 aliphatic rings. The van der Waals surface area contributed by atoms with Crippen molar-refractivity contribution in [3.05, 3.63) is 497 Å². The van der Waals surface area contributed by atoms with Crippen LogP contribution >= 0.6 is 89.7 Å². The molecule has 16 aromatic carbocycles. The second-order valence-corrected chi connectivity index (χ2v) is 42.5. The molecular weight excluding hydrogens is 1980 g/mol. The van der Waals surface area contributed by atoms with Gasteiger partial charge in [0, 0.05) is 56.7 Å². The molecule has 138 heavy (non-hydrogen) atoms. The number of rotatable bonds is 22. The van der Waals surface area contributed by atoms with Crippen LogP contribution in [0.25, 0.3) is 11.3 Å². The first kappa shape index (κ1) is 107. The Morgan fingerprint density at radius 3 is 0.783 bits per heavy atom. The third-order valence-corrected chi connectivity index (χ3v) is 33.2. The smallest absolute Gasteiger partial charge is 0.496 e. The standard InChI is InChI=1S/C18H16Cl2N4O.4C18H15P.C13H17BCl2O3.C11H11ClN4.CH4.Pd/c1-11-22-18(21-10-12-6-4-3-5-7-12)17(24-23-11)14-8-13(25-2)9-15(19)16(14)20;4*1-4-10-16(11-5-1)19(17-12-6-2-7-13-17)18-14-8-3-9-15-18;1-12(2)13(3,4)19-14(18-12)9-6-8(17-5)7-10(15)11(9)16;1-8-14-11(10(12)16-15-8)13-7-9-5-3-2-4-6-9;;/h3-9H,10H2,1-2H3,(H,21,22,23);4*1-15H;6-7H,1-5H3;2-6H,7H2,1H3,(H,13,14,15);1H4;. The molecule has 0 atom stereocenters. The molecule has 0 unspecified atom stereocenters. The van der Waals surface area contributed by atoms with E-state index in [1.807, 2.05) is 88.4 Å². The Bertz CT molecular complexity index is 5760. The fraction of sp³-hybridized carbons (Fsp3) is 0.113. The van der Waals surface area contributed by atoms with E-state index in [1.165, 1.54) is 63.7 Å². The van der Waals surface area contributed by atoms with Crippen LogP contribution in [-0.4, -0.2) is 62.9 Å². The molecule has 0 aliphatic carbocycles. The minimum Gasteiger partial charge on any atom is -0.497 e. The number of benzene rings is 16. The van der Waals surface area contributed by atoms with Crippen molar-refractivity contribution in [3.8, 4) is 22.8 Å². The first-order valence-corrected chi connectivity index (χ1v) is 51.4. The molecule has 0 radical (unpaired) electrons. The molecule has 1 saturated heterocycles. The summed E-state index contributed by atoms with van der Waals surface area (Å²) in [6.45, 7) is 12.8. The number of hydrogen-bond acceptors (Lipinski definition) is 12. The van der Waals surface area contributed by atoms with Gasteiger partial charge in [0.25, 0.3) is 0 Å². The van der Waals surface area contributed by atoms with Crippen molar-refractivity contribution < 1.29 is 39.2 Å². The quantitative estimate of drug-likeness (QED) is 0.0493. The van der Waals surface area contributed by atoms with Crippen molar-refractivity contribution in [3.63, 3.8) is 0 Å². The first-order chi connectivity index (χ1) is 66.3. The van der Waals surface area contributed by atoms with Crippen LogP contribution in [0.5, 0.6) is 11.5 Å². The molecule has 1 aliphatic heterocycles. The first-order valence-electron chi connectivity index (χ1n) is 44.2. The van der Waals surface area contributed by atoms with Gasteiger partial charge < -0.3 is 29.4 Å². The third-order valence-electron chi connectivity index (χ3n) is 21.6. The molecule has 0 bridgehead atoms. The van der Waals surface area contributed by atoms with Crippen LogP contribution in [0.2, 0.25) is 25.2 Å². The molecule has 700 valence electrons. The minimum absolute atomic E-state index is 0. The molecular formula is C115H108BCl5N8O4P4Pd. The zero-order valence-corrected chi connectivity index (χ0v) is 85.9. The van der Waals surface area contributed by atoms with E-state index >= 15 is 0 Å². The van der Waals surface area contributed by atoms with Gasteiger partial charge in [0.15, 0.2) is 16.8 Å². The normalized spacial score (nSPS) is 11.8. The molecule has 12 nitrogen and oxygen atoms in total. The largest absolute Gasteiger partial charge is 0.497 e. The average Bonchev–Trinajstić information content (AvgIpc) is 1.61. The summed E-state index contributed by atoms with van der Waals surface area (Å²) in [7, 11) is 0.809. The maximum atomic E-state index is 6.37. The van der Waals surface area contributed by atoms with Crippen molar-refractivity contribution in [2.75, 3.05) is 24.9 Å². The second-order valence-electron chi connectivity index (χ2n) is 31.7. The predicted molar refractivity (Wildman–Crippen MR) is 590 cm³/mol. The van der Waals surface area contributed by atoms with E-state index in [1.54, 1.807) is 52.3 Å². The molecule has 18 aromatic rings. The van der Waals surface area contributed by atoms with Crippen LogP contribution in [-0.2, 0) is 42.8 Å².